The van der Waals surface area contributed by atoms with Crippen LogP contribution in [-0.2, 0) is 16.6 Å². The minimum Gasteiger partial charge on any atom is -0.497 e. The Bertz CT molecular complexity index is 856. The number of fused-ring (bicyclic) bond motifs is 1. The van der Waals surface area contributed by atoms with Crippen LogP contribution in [0.5, 0.6) is 5.75 Å². The summed E-state index contributed by atoms with van der Waals surface area (Å²) in [4.78, 5) is 14.5. The first-order valence-electron chi connectivity index (χ1n) is 8.35. The normalized spacial score (nSPS) is 16.2. The summed E-state index contributed by atoms with van der Waals surface area (Å²) in [7, 11) is 1.63. The number of methoxy groups -OCH3 is 1. The molecule has 0 aliphatic heterocycles. The molecule has 1 aliphatic carbocycles. The summed E-state index contributed by atoms with van der Waals surface area (Å²) in [6.45, 7) is 6.31. The highest BCUT2D eigenvalue weighted by Gasteiger charge is 2.30. The molecule has 0 radical (unpaired) electrons. The van der Waals surface area contributed by atoms with E-state index in [0.717, 1.165) is 29.0 Å². The summed E-state index contributed by atoms with van der Waals surface area (Å²) >= 11 is 1.45. The Morgan fingerprint density at radius 2 is 2.12 bits per heavy atom. The Balaban J connectivity index is 1.86. The Kier molecular flexibility index (Phi) is 4.57. The molecule has 0 saturated heterocycles. The van der Waals surface area contributed by atoms with Crippen LogP contribution >= 0.6 is 11.3 Å². The van der Waals surface area contributed by atoms with Gasteiger partial charge in [0.15, 0.2) is 0 Å². The molecule has 130 valence electrons. The number of ether oxygens (including phenoxy) is 1. The number of nitrogens with one attached hydrogen (secondary N) is 1. The van der Waals surface area contributed by atoms with Gasteiger partial charge in [0.2, 0.25) is 5.91 Å². The summed E-state index contributed by atoms with van der Waals surface area (Å²) in [5.74, 6) is 0.512. The quantitative estimate of drug-likeness (QED) is 0.876. The maximum atomic E-state index is 12.8. The second-order valence-electron chi connectivity index (χ2n) is 7.36. The van der Waals surface area contributed by atoms with Crippen molar-refractivity contribution in [3.63, 3.8) is 0 Å². The molecule has 1 amide bonds. The standard InChI is InChI=1S/C20H22N2O2S/c1-20(2,3)18-10-16(17(11-21)25-18)22-19(23)14-8-6-12-5-7-13(24-4)9-15(12)14/h5,7,9-10,14H,6,8H2,1-4H3,(H,22,23). The molecule has 1 atom stereocenters. The Morgan fingerprint density at radius 1 is 1.36 bits per heavy atom. The zero-order valence-electron chi connectivity index (χ0n) is 15.0. The van der Waals surface area contributed by atoms with Gasteiger partial charge in [0, 0.05) is 4.88 Å². The number of nitriles is 1. The minimum absolute atomic E-state index is 0.0490. The molecule has 1 aromatic heterocycles. The van der Waals surface area contributed by atoms with Gasteiger partial charge in [-0.15, -0.1) is 11.3 Å². The van der Waals surface area contributed by atoms with Crippen molar-refractivity contribution < 1.29 is 9.53 Å². The van der Waals surface area contributed by atoms with Gasteiger partial charge >= 0.3 is 0 Å². The van der Waals surface area contributed by atoms with Gasteiger partial charge in [-0.2, -0.15) is 5.26 Å². The van der Waals surface area contributed by atoms with Crippen LogP contribution in [0.3, 0.4) is 0 Å². The third-order valence-corrected chi connectivity index (χ3v) is 6.04. The van der Waals surface area contributed by atoms with E-state index in [9.17, 15) is 10.1 Å². The van der Waals surface area contributed by atoms with Crippen LogP contribution in [0.2, 0.25) is 0 Å². The molecule has 0 saturated carbocycles. The van der Waals surface area contributed by atoms with Crippen molar-refractivity contribution in [1.82, 2.24) is 0 Å². The first kappa shape index (κ1) is 17.5. The van der Waals surface area contributed by atoms with E-state index in [-0.39, 0.29) is 17.2 Å². The van der Waals surface area contributed by atoms with Crippen LogP contribution in [0.4, 0.5) is 5.69 Å². The number of hydrogen-bond donors (Lipinski definition) is 1. The smallest absolute Gasteiger partial charge is 0.231 e. The fraction of sp³-hybridized carbons (Fsp3) is 0.400. The van der Waals surface area contributed by atoms with Gasteiger partial charge in [0.1, 0.15) is 16.7 Å². The maximum Gasteiger partial charge on any atom is 0.231 e. The number of carbonyl (C=O) groups is 1. The zero-order chi connectivity index (χ0) is 18.2. The number of thiophene rings is 1. The second kappa shape index (κ2) is 6.53. The molecule has 4 nitrogen and oxygen atoms in total. The van der Waals surface area contributed by atoms with Crippen molar-refractivity contribution >= 4 is 22.9 Å². The van der Waals surface area contributed by atoms with Crippen molar-refractivity contribution in [1.29, 1.82) is 5.26 Å². The summed E-state index contributed by atoms with van der Waals surface area (Å²) in [5.41, 5.74) is 2.80. The lowest BCUT2D eigenvalue weighted by Gasteiger charge is -2.15. The largest absolute Gasteiger partial charge is 0.497 e. The molecule has 1 unspecified atom stereocenters. The SMILES string of the molecule is COc1ccc2c(c1)C(C(=O)Nc1cc(C(C)(C)C)sc1C#N)CC2. The highest BCUT2D eigenvalue weighted by Crippen LogP contribution is 2.38. The number of rotatable bonds is 3. The zero-order valence-corrected chi connectivity index (χ0v) is 15.8. The molecule has 0 spiro atoms. The van der Waals surface area contributed by atoms with Crippen LogP contribution in [0.1, 0.15) is 54.0 Å². The topological polar surface area (TPSA) is 62.1 Å². The van der Waals surface area contributed by atoms with Crippen molar-refractivity contribution in [2.45, 2.75) is 44.9 Å². The number of nitrogens with zero attached hydrogens (tertiary/aromatic N) is 1. The van der Waals surface area contributed by atoms with E-state index in [1.165, 1.54) is 16.9 Å². The van der Waals surface area contributed by atoms with Gasteiger partial charge in [-0.25, -0.2) is 0 Å². The first-order valence-corrected chi connectivity index (χ1v) is 9.17. The molecule has 5 heteroatoms. The Labute approximate surface area is 152 Å². The van der Waals surface area contributed by atoms with Crippen LogP contribution in [0.15, 0.2) is 24.3 Å². The van der Waals surface area contributed by atoms with Gasteiger partial charge in [-0.1, -0.05) is 26.8 Å². The van der Waals surface area contributed by atoms with E-state index >= 15 is 0 Å². The molecule has 1 N–H and O–H groups in total. The van der Waals surface area contributed by atoms with Gasteiger partial charge in [0.25, 0.3) is 0 Å². The number of benzene rings is 1. The maximum absolute atomic E-state index is 12.8. The number of carbonyl (C=O) groups excluding carboxylic acids is 1. The number of aryl methyl sites for hydroxylation is 1. The van der Waals surface area contributed by atoms with Gasteiger partial charge in [0.05, 0.1) is 18.7 Å². The van der Waals surface area contributed by atoms with Gasteiger partial charge in [-0.3, -0.25) is 4.79 Å². The van der Waals surface area contributed by atoms with Gasteiger partial charge in [-0.05, 0) is 47.6 Å². The molecule has 2 aromatic rings. The Hall–Kier alpha value is -2.32. The van der Waals surface area contributed by atoms with Crippen molar-refractivity contribution in [2.24, 2.45) is 0 Å². The molecule has 3 rings (SSSR count). The van der Waals surface area contributed by atoms with E-state index in [0.29, 0.717) is 10.6 Å². The van der Waals surface area contributed by atoms with Crippen LogP contribution in [0.25, 0.3) is 0 Å². The van der Waals surface area contributed by atoms with Crippen molar-refractivity contribution in [3.05, 3.63) is 45.1 Å². The van der Waals surface area contributed by atoms with Crippen LogP contribution in [-0.4, -0.2) is 13.0 Å². The molecule has 0 bridgehead atoms. The molecular weight excluding hydrogens is 332 g/mol. The molecule has 25 heavy (non-hydrogen) atoms. The monoisotopic (exact) mass is 354 g/mol. The minimum atomic E-state index is -0.199. The van der Waals surface area contributed by atoms with Crippen molar-refractivity contribution in [2.75, 3.05) is 12.4 Å². The van der Waals surface area contributed by atoms with E-state index in [2.05, 4.69) is 32.2 Å². The van der Waals surface area contributed by atoms with E-state index in [1.807, 2.05) is 24.3 Å². The molecule has 1 aliphatic rings. The average molecular weight is 354 g/mol. The summed E-state index contributed by atoms with van der Waals surface area (Å²) in [6.07, 6.45) is 1.67. The van der Waals surface area contributed by atoms with Crippen LogP contribution < -0.4 is 10.1 Å². The average Bonchev–Trinajstić information content (AvgIpc) is 3.17. The lowest BCUT2D eigenvalue weighted by atomic mass is 9.94. The third kappa shape index (κ3) is 3.40. The van der Waals surface area contributed by atoms with Gasteiger partial charge < -0.3 is 10.1 Å². The highest BCUT2D eigenvalue weighted by molar-refractivity contribution is 7.13. The van der Waals surface area contributed by atoms with E-state index < -0.39 is 0 Å². The van der Waals surface area contributed by atoms with Crippen molar-refractivity contribution in [3.8, 4) is 11.8 Å². The second-order valence-corrected chi connectivity index (χ2v) is 8.41. The lowest BCUT2D eigenvalue weighted by Crippen LogP contribution is -2.19. The number of amides is 1. The molecule has 1 aromatic carbocycles. The summed E-state index contributed by atoms with van der Waals surface area (Å²) in [5, 5.41) is 12.4. The summed E-state index contributed by atoms with van der Waals surface area (Å²) < 4.78 is 5.29. The molecule has 0 fully saturated rings. The Morgan fingerprint density at radius 3 is 2.76 bits per heavy atom. The predicted molar refractivity (Wildman–Crippen MR) is 100 cm³/mol. The van der Waals surface area contributed by atoms with E-state index in [4.69, 9.17) is 4.74 Å². The number of anilines is 1. The molecule has 1 heterocycles. The fourth-order valence-corrected chi connectivity index (χ4v) is 4.10. The molecular formula is C20H22N2O2S. The lowest BCUT2D eigenvalue weighted by molar-refractivity contribution is -0.117. The predicted octanol–water partition coefficient (Wildman–Crippen LogP) is 4.59. The number of hydrogen-bond acceptors (Lipinski definition) is 4. The fourth-order valence-electron chi connectivity index (χ4n) is 3.14. The van der Waals surface area contributed by atoms with Crippen LogP contribution in [0, 0.1) is 11.3 Å². The third-order valence-electron chi connectivity index (χ3n) is 4.58. The van der Waals surface area contributed by atoms with E-state index in [1.54, 1.807) is 7.11 Å². The first-order chi connectivity index (χ1) is 11.8. The highest BCUT2D eigenvalue weighted by atomic mass is 32.1. The summed E-state index contributed by atoms with van der Waals surface area (Å²) in [6, 6.07) is 10.1.